The molecule has 0 spiro atoms. The van der Waals surface area contributed by atoms with Crippen LogP contribution in [0.1, 0.15) is 0 Å². The number of thiophene rings is 1. The molecule has 3 nitrogen and oxygen atoms in total. The van der Waals surface area contributed by atoms with E-state index in [-0.39, 0.29) is 6.04 Å². The highest BCUT2D eigenvalue weighted by Gasteiger charge is 2.41. The molecular weight excluding hydrogens is 711 g/mol. The lowest BCUT2D eigenvalue weighted by Gasteiger charge is -2.36. The maximum absolute atomic E-state index is 5.22. The summed E-state index contributed by atoms with van der Waals surface area (Å²) in [7, 11) is 0. The Morgan fingerprint density at radius 2 is 1.23 bits per heavy atom. The molecule has 0 N–H and O–H groups in total. The van der Waals surface area contributed by atoms with Crippen molar-refractivity contribution in [2.45, 2.75) is 6.04 Å². The van der Waals surface area contributed by atoms with Crippen LogP contribution in [0.3, 0.4) is 0 Å². The Morgan fingerprint density at radius 3 is 2.11 bits per heavy atom. The lowest BCUT2D eigenvalue weighted by atomic mass is 9.81. The second-order valence-electron chi connectivity index (χ2n) is 14.9. The van der Waals surface area contributed by atoms with E-state index in [1.807, 2.05) is 17.5 Å². The van der Waals surface area contributed by atoms with E-state index in [0.717, 1.165) is 45.1 Å². The predicted octanol–water partition coefficient (Wildman–Crippen LogP) is 14.0. The Balaban J connectivity index is 1.21. The summed E-state index contributed by atoms with van der Waals surface area (Å²) >= 11 is 1.88. The zero-order valence-corrected chi connectivity index (χ0v) is 31.7. The van der Waals surface area contributed by atoms with Crippen LogP contribution in [0, 0.1) is 0 Å². The molecule has 266 valence electrons. The lowest BCUT2D eigenvalue weighted by molar-refractivity contribution is 0.897. The van der Waals surface area contributed by atoms with Crippen LogP contribution in [0.5, 0.6) is 0 Å². The van der Waals surface area contributed by atoms with Crippen molar-refractivity contribution < 1.29 is 0 Å². The number of aromatic nitrogens is 1. The average Bonchev–Trinajstić information content (AvgIpc) is 3.67. The van der Waals surface area contributed by atoms with Crippen molar-refractivity contribution in [3.63, 3.8) is 0 Å². The zero-order chi connectivity index (χ0) is 37.5. The molecule has 57 heavy (non-hydrogen) atoms. The monoisotopic (exact) mass is 744 g/mol. The number of fused-ring (bicyclic) bond motifs is 13. The summed E-state index contributed by atoms with van der Waals surface area (Å²) < 4.78 is 5.09. The molecule has 1 aliphatic heterocycles. The number of rotatable bonds is 3. The third kappa shape index (κ3) is 4.91. The molecule has 1 atom stereocenters. The van der Waals surface area contributed by atoms with Gasteiger partial charge < -0.3 is 4.90 Å². The first-order valence-electron chi connectivity index (χ1n) is 19.5. The Labute approximate surface area is 335 Å². The molecule has 1 unspecified atom stereocenters. The van der Waals surface area contributed by atoms with Gasteiger partial charge in [0.2, 0.25) is 17.1 Å². The first kappa shape index (κ1) is 32.1. The van der Waals surface area contributed by atoms with Crippen molar-refractivity contribution in [2.24, 2.45) is 0 Å². The number of allylic oxidation sites excluding steroid dienone is 2. The van der Waals surface area contributed by atoms with Crippen molar-refractivity contribution in [3.8, 4) is 55.8 Å². The minimum Gasteiger partial charge on any atom is -0.319 e. The van der Waals surface area contributed by atoms with Gasteiger partial charge >= 0.3 is 0 Å². The van der Waals surface area contributed by atoms with E-state index >= 15 is 0 Å². The fraction of sp³-hybridized carbons (Fsp3) is 0.0189. The minimum absolute atomic E-state index is 0.0127. The van der Waals surface area contributed by atoms with Gasteiger partial charge in [-0.3, -0.25) is 4.98 Å². The Bertz CT molecular complexity index is 3190. The van der Waals surface area contributed by atoms with Gasteiger partial charge in [-0.25, -0.2) is 0 Å². The van der Waals surface area contributed by atoms with E-state index in [9.17, 15) is 0 Å². The molecule has 0 saturated carbocycles. The highest BCUT2D eigenvalue weighted by molar-refractivity contribution is 7.26. The summed E-state index contributed by atoms with van der Waals surface area (Å²) in [6.07, 6.45) is 10.9. The molecule has 7 aromatic carbocycles. The number of hydrogen-bond donors (Lipinski definition) is 0. The lowest BCUT2D eigenvalue weighted by Crippen LogP contribution is -2.44. The smallest absolute Gasteiger partial charge is 0.236 e. The van der Waals surface area contributed by atoms with Crippen LogP contribution in [0.15, 0.2) is 200 Å². The highest BCUT2D eigenvalue weighted by atomic mass is 32.1. The minimum atomic E-state index is -0.0127. The van der Waals surface area contributed by atoms with Crippen LogP contribution in [0.25, 0.3) is 75.9 Å². The van der Waals surface area contributed by atoms with Gasteiger partial charge in [0.1, 0.15) is 11.7 Å². The van der Waals surface area contributed by atoms with E-state index < -0.39 is 0 Å². The SMILES string of the molecule is C1=CC2=[N+](c3ccccc3)c3cc4c(cc3N(c3ccccc3)C2C=C1)-c1ncccc1-c1ccccc1-c1ccc(-c2cccc3c2sc2ccccc23)cc1-4. The molecule has 3 heterocycles. The summed E-state index contributed by atoms with van der Waals surface area (Å²) in [5.41, 5.74) is 17.4. The number of pyridine rings is 1. The Morgan fingerprint density at radius 1 is 0.526 bits per heavy atom. The standard InChI is InChI=1S/C53H34N3S/c1-3-15-35(16-4-1)55-47-25-10-11-26-48(47)56(36-17-5-2-6-18-36)50-33-46-45(32-49(50)55)44-31-34(37-22-13-23-43-41-21-9-12-27-51(41)57-53(37)43)28-29-40(44)38-19-7-8-20-39(38)42-24-14-30-54-52(42)46/h1-33,48H/q+1. The van der Waals surface area contributed by atoms with E-state index in [0.29, 0.717) is 0 Å². The van der Waals surface area contributed by atoms with Crippen molar-refractivity contribution in [1.82, 2.24) is 9.56 Å². The molecule has 0 bridgehead atoms. The topological polar surface area (TPSA) is 19.1 Å². The van der Waals surface area contributed by atoms with Gasteiger partial charge in [-0.15, -0.1) is 11.3 Å². The number of hydrogen-bond acceptors (Lipinski definition) is 3. The largest absolute Gasteiger partial charge is 0.319 e. The van der Waals surface area contributed by atoms with Crippen LogP contribution < -0.4 is 9.48 Å². The highest BCUT2D eigenvalue weighted by Crippen LogP contribution is 2.53. The first-order valence-corrected chi connectivity index (χ1v) is 20.3. The summed E-state index contributed by atoms with van der Waals surface area (Å²) in [5.74, 6) is 0. The molecule has 2 aliphatic carbocycles. The molecule has 0 saturated heterocycles. The van der Waals surface area contributed by atoms with Gasteiger partial charge in [-0.05, 0) is 75.3 Å². The molecule has 12 rings (SSSR count). The fourth-order valence-electron chi connectivity index (χ4n) is 9.29. The third-order valence-electron chi connectivity index (χ3n) is 11.8. The number of anilines is 2. The molecule has 0 fully saturated rings. The maximum Gasteiger partial charge on any atom is 0.236 e. The molecule has 9 aromatic rings. The van der Waals surface area contributed by atoms with Gasteiger partial charge in [0.25, 0.3) is 0 Å². The van der Waals surface area contributed by atoms with Gasteiger partial charge in [-0.2, -0.15) is 4.58 Å². The number of para-hydroxylation sites is 2. The van der Waals surface area contributed by atoms with E-state index in [2.05, 4.69) is 204 Å². The number of benzene rings is 7. The predicted molar refractivity (Wildman–Crippen MR) is 241 cm³/mol. The zero-order valence-electron chi connectivity index (χ0n) is 30.9. The van der Waals surface area contributed by atoms with Crippen LogP contribution in [-0.2, 0) is 0 Å². The van der Waals surface area contributed by atoms with Crippen LogP contribution in [0.2, 0.25) is 0 Å². The van der Waals surface area contributed by atoms with Crippen molar-refractivity contribution in [3.05, 3.63) is 200 Å². The molecule has 0 amide bonds. The van der Waals surface area contributed by atoms with Crippen LogP contribution in [-0.4, -0.2) is 16.7 Å². The first-order chi connectivity index (χ1) is 28.3. The van der Waals surface area contributed by atoms with Gasteiger partial charge in [0.05, 0.1) is 5.69 Å². The third-order valence-corrected chi connectivity index (χ3v) is 13.0. The second kappa shape index (κ2) is 12.7. The fourth-order valence-corrected chi connectivity index (χ4v) is 10.5. The van der Waals surface area contributed by atoms with Crippen LogP contribution >= 0.6 is 11.3 Å². The van der Waals surface area contributed by atoms with Gasteiger partial charge in [0.15, 0.2) is 0 Å². The van der Waals surface area contributed by atoms with E-state index in [1.54, 1.807) is 0 Å². The summed E-state index contributed by atoms with van der Waals surface area (Å²) in [4.78, 5) is 7.72. The molecule has 2 aromatic heterocycles. The summed E-state index contributed by atoms with van der Waals surface area (Å²) in [6, 6.07) is 62.3. The normalized spacial score (nSPS) is 14.9. The summed E-state index contributed by atoms with van der Waals surface area (Å²) in [6.45, 7) is 0. The molecular formula is C53H34N3S+. The van der Waals surface area contributed by atoms with E-state index in [1.165, 1.54) is 59.3 Å². The second-order valence-corrected chi connectivity index (χ2v) is 15.9. The van der Waals surface area contributed by atoms with Gasteiger partial charge in [0, 0.05) is 67.5 Å². The molecule has 0 radical (unpaired) electrons. The van der Waals surface area contributed by atoms with Crippen LogP contribution in [0.4, 0.5) is 22.7 Å². The Hall–Kier alpha value is -7.14. The average molecular weight is 745 g/mol. The van der Waals surface area contributed by atoms with Gasteiger partial charge in [-0.1, -0.05) is 133 Å². The molecule has 3 aliphatic rings. The van der Waals surface area contributed by atoms with Crippen molar-refractivity contribution in [1.29, 1.82) is 0 Å². The van der Waals surface area contributed by atoms with E-state index in [4.69, 9.17) is 4.98 Å². The quantitative estimate of drug-likeness (QED) is 0.168. The van der Waals surface area contributed by atoms with Crippen molar-refractivity contribution >= 4 is 60.0 Å². The molecule has 4 heteroatoms. The summed E-state index contributed by atoms with van der Waals surface area (Å²) in [5, 5.41) is 2.61. The Kier molecular flexibility index (Phi) is 7.16. The number of nitrogens with zero attached hydrogens (tertiary/aromatic N) is 3. The van der Waals surface area contributed by atoms with Crippen molar-refractivity contribution in [2.75, 3.05) is 4.90 Å². The maximum atomic E-state index is 5.22.